The van der Waals surface area contributed by atoms with Gasteiger partial charge >= 0.3 is 0 Å². The number of piperazine rings is 1. The van der Waals surface area contributed by atoms with Crippen LogP contribution in [0.4, 0.5) is 15.8 Å². The van der Waals surface area contributed by atoms with E-state index in [1.807, 2.05) is 60.4 Å². The lowest BCUT2D eigenvalue weighted by atomic mass is 10.1. The maximum absolute atomic E-state index is 13.0. The lowest BCUT2D eigenvalue weighted by Gasteiger charge is -2.36. The highest BCUT2D eigenvalue weighted by Crippen LogP contribution is 2.20. The van der Waals surface area contributed by atoms with Crippen molar-refractivity contribution < 1.29 is 14.0 Å². The minimum absolute atomic E-state index is 0.143. The number of aryl methyl sites for hydroxylation is 1. The highest BCUT2D eigenvalue weighted by molar-refractivity contribution is 5.92. The van der Waals surface area contributed by atoms with Gasteiger partial charge in [-0.1, -0.05) is 36.4 Å². The monoisotopic (exact) mass is 445 g/mol. The number of anilines is 2. The third-order valence-electron chi connectivity index (χ3n) is 6.03. The predicted molar refractivity (Wildman–Crippen MR) is 129 cm³/mol. The predicted octanol–water partition coefficient (Wildman–Crippen LogP) is 4.21. The topological polar surface area (TPSA) is 52.7 Å². The number of rotatable bonds is 6. The molecule has 1 aliphatic heterocycles. The average molecular weight is 446 g/mol. The number of nitrogens with one attached hydrogen (secondary N) is 1. The zero-order valence-electron chi connectivity index (χ0n) is 18.8. The van der Waals surface area contributed by atoms with E-state index in [1.165, 1.54) is 12.1 Å². The van der Waals surface area contributed by atoms with Crippen molar-refractivity contribution in [2.45, 2.75) is 19.8 Å². The molecule has 170 valence electrons. The number of carbonyl (C=O) groups is 2. The standard InChI is InChI=1S/C27H28FN3O2/c1-20-4-2-3-5-22(20)19-27(33)31-16-14-30(15-17-31)25-12-10-24(11-13-25)29-26(32)18-21-6-8-23(28)9-7-21/h2-13H,14-19H2,1H3,(H,29,32). The highest BCUT2D eigenvalue weighted by atomic mass is 19.1. The Morgan fingerprint density at radius 2 is 1.52 bits per heavy atom. The van der Waals surface area contributed by atoms with Crippen LogP contribution in [0.15, 0.2) is 72.8 Å². The Labute approximate surface area is 193 Å². The molecule has 0 saturated carbocycles. The summed E-state index contributed by atoms with van der Waals surface area (Å²) in [5, 5.41) is 2.88. The van der Waals surface area contributed by atoms with Crippen LogP contribution in [0.25, 0.3) is 0 Å². The van der Waals surface area contributed by atoms with Crippen molar-refractivity contribution >= 4 is 23.2 Å². The molecule has 3 aromatic rings. The summed E-state index contributed by atoms with van der Waals surface area (Å²) in [4.78, 5) is 29.1. The van der Waals surface area contributed by atoms with Crippen LogP contribution in [0, 0.1) is 12.7 Å². The van der Waals surface area contributed by atoms with E-state index < -0.39 is 0 Å². The van der Waals surface area contributed by atoms with Crippen molar-refractivity contribution in [3.63, 3.8) is 0 Å². The second kappa shape index (κ2) is 10.3. The Morgan fingerprint density at radius 1 is 0.848 bits per heavy atom. The summed E-state index contributed by atoms with van der Waals surface area (Å²) in [6, 6.07) is 21.7. The molecule has 6 heteroatoms. The summed E-state index contributed by atoms with van der Waals surface area (Å²) >= 11 is 0. The molecule has 0 spiro atoms. The van der Waals surface area contributed by atoms with Crippen LogP contribution in [0.2, 0.25) is 0 Å². The van der Waals surface area contributed by atoms with Gasteiger partial charge in [-0.15, -0.1) is 0 Å². The Balaban J connectivity index is 1.26. The lowest BCUT2D eigenvalue weighted by Crippen LogP contribution is -2.49. The molecule has 0 aromatic heterocycles. The Bertz CT molecular complexity index is 1100. The molecule has 1 saturated heterocycles. The van der Waals surface area contributed by atoms with E-state index in [0.717, 1.165) is 41.2 Å². The second-order valence-corrected chi connectivity index (χ2v) is 8.37. The van der Waals surface area contributed by atoms with E-state index in [1.54, 1.807) is 12.1 Å². The van der Waals surface area contributed by atoms with Gasteiger partial charge in [-0.25, -0.2) is 4.39 Å². The van der Waals surface area contributed by atoms with E-state index in [-0.39, 0.29) is 24.1 Å². The van der Waals surface area contributed by atoms with Gasteiger partial charge in [0.1, 0.15) is 5.82 Å². The molecule has 2 amide bonds. The van der Waals surface area contributed by atoms with Gasteiger partial charge in [0.15, 0.2) is 0 Å². The largest absolute Gasteiger partial charge is 0.368 e. The van der Waals surface area contributed by atoms with Gasteiger partial charge in [0.2, 0.25) is 11.8 Å². The van der Waals surface area contributed by atoms with Crippen LogP contribution in [0.5, 0.6) is 0 Å². The van der Waals surface area contributed by atoms with Gasteiger partial charge in [0, 0.05) is 37.6 Å². The van der Waals surface area contributed by atoms with Gasteiger partial charge < -0.3 is 15.1 Å². The van der Waals surface area contributed by atoms with Crippen molar-refractivity contribution in [3.05, 3.63) is 95.3 Å². The van der Waals surface area contributed by atoms with Gasteiger partial charge in [-0.3, -0.25) is 9.59 Å². The summed E-state index contributed by atoms with van der Waals surface area (Å²) in [6.45, 7) is 4.97. The quantitative estimate of drug-likeness (QED) is 0.619. The normalized spacial score (nSPS) is 13.6. The van der Waals surface area contributed by atoms with Crippen LogP contribution in [-0.2, 0) is 22.4 Å². The van der Waals surface area contributed by atoms with Crippen molar-refractivity contribution in [3.8, 4) is 0 Å². The Kier molecular flexibility index (Phi) is 7.03. The molecule has 0 unspecified atom stereocenters. The first-order valence-electron chi connectivity index (χ1n) is 11.2. The third kappa shape index (κ3) is 5.98. The molecule has 33 heavy (non-hydrogen) atoms. The molecule has 1 heterocycles. The number of hydrogen-bond donors (Lipinski definition) is 1. The molecule has 1 fully saturated rings. The fourth-order valence-corrected chi connectivity index (χ4v) is 4.05. The van der Waals surface area contributed by atoms with Gasteiger partial charge in [-0.05, 0) is 60.0 Å². The molecule has 0 aliphatic carbocycles. The molecule has 1 aliphatic rings. The molecule has 0 radical (unpaired) electrons. The van der Waals surface area contributed by atoms with Gasteiger partial charge in [-0.2, -0.15) is 0 Å². The van der Waals surface area contributed by atoms with Crippen molar-refractivity contribution in [1.82, 2.24) is 4.90 Å². The van der Waals surface area contributed by atoms with Crippen molar-refractivity contribution in [2.24, 2.45) is 0 Å². The first-order chi connectivity index (χ1) is 16.0. The fraction of sp³-hybridized carbons (Fsp3) is 0.259. The maximum Gasteiger partial charge on any atom is 0.228 e. The number of benzene rings is 3. The molecular formula is C27H28FN3O2. The third-order valence-corrected chi connectivity index (χ3v) is 6.03. The fourth-order valence-electron chi connectivity index (χ4n) is 4.05. The lowest BCUT2D eigenvalue weighted by molar-refractivity contribution is -0.130. The SMILES string of the molecule is Cc1ccccc1CC(=O)N1CCN(c2ccc(NC(=O)Cc3ccc(F)cc3)cc2)CC1. The Morgan fingerprint density at radius 3 is 2.18 bits per heavy atom. The average Bonchev–Trinajstić information content (AvgIpc) is 2.82. The number of carbonyl (C=O) groups excluding carboxylic acids is 2. The number of halogens is 1. The molecule has 1 N–H and O–H groups in total. The second-order valence-electron chi connectivity index (χ2n) is 8.37. The highest BCUT2D eigenvalue weighted by Gasteiger charge is 2.21. The van der Waals surface area contributed by atoms with Gasteiger partial charge in [0.25, 0.3) is 0 Å². The minimum atomic E-state index is -0.314. The molecular weight excluding hydrogens is 417 g/mol. The molecule has 0 bridgehead atoms. The zero-order valence-corrected chi connectivity index (χ0v) is 18.8. The van der Waals surface area contributed by atoms with Crippen LogP contribution in [-0.4, -0.2) is 42.9 Å². The van der Waals surface area contributed by atoms with E-state index in [2.05, 4.69) is 10.2 Å². The number of hydrogen-bond acceptors (Lipinski definition) is 3. The van der Waals surface area contributed by atoms with Crippen molar-refractivity contribution in [2.75, 3.05) is 36.4 Å². The molecule has 4 rings (SSSR count). The first-order valence-corrected chi connectivity index (χ1v) is 11.2. The Hall–Kier alpha value is -3.67. The van der Waals surface area contributed by atoms with Crippen LogP contribution in [0.3, 0.4) is 0 Å². The van der Waals surface area contributed by atoms with E-state index in [4.69, 9.17) is 0 Å². The smallest absolute Gasteiger partial charge is 0.228 e. The first kappa shape index (κ1) is 22.5. The van der Waals surface area contributed by atoms with E-state index in [9.17, 15) is 14.0 Å². The van der Waals surface area contributed by atoms with E-state index >= 15 is 0 Å². The van der Waals surface area contributed by atoms with Crippen molar-refractivity contribution in [1.29, 1.82) is 0 Å². The summed E-state index contributed by atoms with van der Waals surface area (Å²) in [7, 11) is 0. The minimum Gasteiger partial charge on any atom is -0.368 e. The summed E-state index contributed by atoms with van der Waals surface area (Å²) < 4.78 is 13.0. The number of nitrogens with zero attached hydrogens (tertiary/aromatic N) is 2. The summed E-state index contributed by atoms with van der Waals surface area (Å²) in [6.07, 6.45) is 0.638. The summed E-state index contributed by atoms with van der Waals surface area (Å²) in [5.41, 5.74) is 4.78. The number of amides is 2. The molecule has 0 atom stereocenters. The van der Waals surface area contributed by atoms with Crippen LogP contribution < -0.4 is 10.2 Å². The maximum atomic E-state index is 13.0. The van der Waals surface area contributed by atoms with Crippen LogP contribution >= 0.6 is 0 Å². The summed E-state index contributed by atoms with van der Waals surface area (Å²) in [5.74, 6) is -0.287. The van der Waals surface area contributed by atoms with E-state index in [0.29, 0.717) is 19.5 Å². The van der Waals surface area contributed by atoms with Crippen LogP contribution in [0.1, 0.15) is 16.7 Å². The zero-order chi connectivity index (χ0) is 23.2. The molecule has 5 nitrogen and oxygen atoms in total. The molecule has 3 aromatic carbocycles. The van der Waals surface area contributed by atoms with Gasteiger partial charge in [0.05, 0.1) is 12.8 Å².